The Balaban J connectivity index is 1.54. The number of hydrogen-bond acceptors (Lipinski definition) is 5. The van der Waals surface area contributed by atoms with Crippen molar-refractivity contribution in [2.24, 2.45) is 0 Å². The first kappa shape index (κ1) is 19.1. The number of likely N-dealkylation sites (tertiary alicyclic amines) is 1. The van der Waals surface area contributed by atoms with Gasteiger partial charge in [-0.15, -0.1) is 0 Å². The molecule has 2 heterocycles. The smallest absolute Gasteiger partial charge is 0.410 e. The summed E-state index contributed by atoms with van der Waals surface area (Å²) in [5, 5.41) is 0. The van der Waals surface area contributed by atoms with Crippen LogP contribution in [0.25, 0.3) is 0 Å². The van der Waals surface area contributed by atoms with Gasteiger partial charge in [-0.25, -0.2) is 14.8 Å². The summed E-state index contributed by atoms with van der Waals surface area (Å²) >= 11 is 0. The Morgan fingerprint density at radius 2 is 1.67 bits per heavy atom. The lowest BCUT2D eigenvalue weighted by molar-refractivity contribution is 0.0205. The minimum absolute atomic E-state index is 0.220. The van der Waals surface area contributed by atoms with Crippen LogP contribution in [0.3, 0.4) is 0 Å². The van der Waals surface area contributed by atoms with Gasteiger partial charge in [-0.2, -0.15) is 0 Å². The fraction of sp³-hybridized carbons (Fsp3) is 0.476. The van der Waals surface area contributed by atoms with Crippen molar-refractivity contribution in [3.63, 3.8) is 0 Å². The summed E-state index contributed by atoms with van der Waals surface area (Å²) < 4.78 is 11.1. The van der Waals surface area contributed by atoms with Crippen LogP contribution >= 0.6 is 0 Å². The molecule has 0 spiro atoms. The van der Waals surface area contributed by atoms with E-state index in [4.69, 9.17) is 9.47 Å². The van der Waals surface area contributed by atoms with E-state index in [9.17, 15) is 4.79 Å². The van der Waals surface area contributed by atoms with Crippen LogP contribution in [0.4, 0.5) is 4.79 Å². The largest absolute Gasteiger partial charge is 0.444 e. The van der Waals surface area contributed by atoms with E-state index in [1.165, 1.54) is 5.56 Å². The molecule has 0 bridgehead atoms. The number of hydrogen-bond donors (Lipinski definition) is 0. The molecule has 1 aliphatic heterocycles. The SMILES string of the molecule is Cc1cnc(Oc2ccc(C3CCN(C(=O)OC(C)(C)C)CC3)cc2)nc1. The van der Waals surface area contributed by atoms with E-state index in [0.717, 1.165) is 31.5 Å². The zero-order valence-corrected chi connectivity index (χ0v) is 16.4. The van der Waals surface area contributed by atoms with Gasteiger partial charge in [-0.3, -0.25) is 0 Å². The third-order valence-electron chi connectivity index (χ3n) is 4.46. The summed E-state index contributed by atoms with van der Waals surface area (Å²) in [4.78, 5) is 22.3. The summed E-state index contributed by atoms with van der Waals surface area (Å²) in [6, 6.07) is 8.39. The first-order valence-electron chi connectivity index (χ1n) is 9.34. The van der Waals surface area contributed by atoms with Crippen LogP contribution in [-0.4, -0.2) is 39.7 Å². The van der Waals surface area contributed by atoms with Crippen molar-refractivity contribution >= 4 is 6.09 Å². The molecule has 0 aliphatic carbocycles. The molecule has 2 aromatic rings. The quantitative estimate of drug-likeness (QED) is 0.785. The topological polar surface area (TPSA) is 64.5 Å². The second kappa shape index (κ2) is 7.94. The van der Waals surface area contributed by atoms with Crippen LogP contribution in [0.15, 0.2) is 36.7 Å². The standard InChI is InChI=1S/C21H27N3O3/c1-15-13-22-19(23-14-15)26-18-7-5-16(6-8-18)17-9-11-24(12-10-17)20(25)27-21(2,3)4/h5-8,13-14,17H,9-12H2,1-4H3. The highest BCUT2D eigenvalue weighted by molar-refractivity contribution is 5.68. The maximum absolute atomic E-state index is 12.2. The van der Waals surface area contributed by atoms with Gasteiger partial charge in [0.1, 0.15) is 11.4 Å². The molecular formula is C21H27N3O3. The molecule has 1 aromatic heterocycles. The van der Waals surface area contributed by atoms with Crippen molar-refractivity contribution < 1.29 is 14.3 Å². The fourth-order valence-electron chi connectivity index (χ4n) is 3.07. The molecule has 1 aromatic carbocycles. The molecule has 144 valence electrons. The number of carbonyl (C=O) groups excluding carboxylic acids is 1. The summed E-state index contributed by atoms with van der Waals surface area (Å²) in [7, 11) is 0. The highest BCUT2D eigenvalue weighted by Gasteiger charge is 2.27. The Morgan fingerprint density at radius 1 is 1.07 bits per heavy atom. The fourth-order valence-corrected chi connectivity index (χ4v) is 3.07. The predicted molar refractivity (Wildman–Crippen MR) is 103 cm³/mol. The van der Waals surface area contributed by atoms with E-state index >= 15 is 0 Å². The van der Waals surface area contributed by atoms with Gasteiger partial charge in [-0.1, -0.05) is 12.1 Å². The van der Waals surface area contributed by atoms with Crippen LogP contribution < -0.4 is 4.74 Å². The van der Waals surface area contributed by atoms with Crippen molar-refractivity contribution in [2.75, 3.05) is 13.1 Å². The van der Waals surface area contributed by atoms with Gasteiger partial charge >= 0.3 is 12.1 Å². The summed E-state index contributed by atoms with van der Waals surface area (Å²) in [6.45, 7) is 9.05. The van der Waals surface area contributed by atoms with Crippen LogP contribution in [0.2, 0.25) is 0 Å². The molecule has 1 amide bonds. The summed E-state index contributed by atoms with van der Waals surface area (Å²) in [5.41, 5.74) is 1.80. The Hall–Kier alpha value is -2.63. The monoisotopic (exact) mass is 369 g/mol. The van der Waals surface area contributed by atoms with Crippen molar-refractivity contribution in [3.05, 3.63) is 47.8 Å². The molecule has 0 radical (unpaired) electrons. The number of aromatic nitrogens is 2. The predicted octanol–water partition coefficient (Wildman–Crippen LogP) is 4.69. The summed E-state index contributed by atoms with van der Waals surface area (Å²) in [5.74, 6) is 1.15. The number of nitrogens with zero attached hydrogens (tertiary/aromatic N) is 3. The zero-order chi connectivity index (χ0) is 19.4. The molecule has 1 saturated heterocycles. The Morgan fingerprint density at radius 3 is 2.22 bits per heavy atom. The molecule has 27 heavy (non-hydrogen) atoms. The molecule has 0 unspecified atom stereocenters. The lowest BCUT2D eigenvalue weighted by Crippen LogP contribution is -2.41. The average Bonchev–Trinajstić information content (AvgIpc) is 2.63. The zero-order valence-electron chi connectivity index (χ0n) is 16.4. The lowest BCUT2D eigenvalue weighted by atomic mass is 9.89. The molecule has 0 atom stereocenters. The number of amides is 1. The second-order valence-corrected chi connectivity index (χ2v) is 7.96. The first-order chi connectivity index (χ1) is 12.8. The lowest BCUT2D eigenvalue weighted by Gasteiger charge is -2.33. The molecule has 1 aliphatic rings. The number of benzene rings is 1. The molecule has 3 rings (SSSR count). The Labute approximate surface area is 160 Å². The average molecular weight is 369 g/mol. The number of carbonyl (C=O) groups is 1. The minimum atomic E-state index is -0.453. The van der Waals surface area contributed by atoms with E-state index in [2.05, 4.69) is 22.1 Å². The van der Waals surface area contributed by atoms with E-state index in [1.54, 1.807) is 17.3 Å². The third kappa shape index (κ3) is 5.42. The molecule has 0 saturated carbocycles. The van der Waals surface area contributed by atoms with Gasteiger partial charge in [0, 0.05) is 25.5 Å². The maximum atomic E-state index is 12.2. The van der Waals surface area contributed by atoms with E-state index in [-0.39, 0.29) is 6.09 Å². The van der Waals surface area contributed by atoms with E-state index in [0.29, 0.717) is 17.7 Å². The molecule has 6 nitrogen and oxygen atoms in total. The minimum Gasteiger partial charge on any atom is -0.444 e. The Kier molecular flexibility index (Phi) is 5.63. The molecule has 1 fully saturated rings. The van der Waals surface area contributed by atoms with Crippen molar-refractivity contribution in [2.45, 2.75) is 52.1 Å². The Bertz CT molecular complexity index is 759. The highest BCUT2D eigenvalue weighted by Crippen LogP contribution is 2.30. The van der Waals surface area contributed by atoms with Gasteiger partial charge < -0.3 is 14.4 Å². The second-order valence-electron chi connectivity index (χ2n) is 7.96. The third-order valence-corrected chi connectivity index (χ3v) is 4.46. The van der Waals surface area contributed by atoms with Gasteiger partial charge in [0.25, 0.3) is 0 Å². The maximum Gasteiger partial charge on any atom is 0.410 e. The van der Waals surface area contributed by atoms with Crippen LogP contribution in [0.1, 0.15) is 50.7 Å². The van der Waals surface area contributed by atoms with Gasteiger partial charge in [0.15, 0.2) is 0 Å². The van der Waals surface area contributed by atoms with E-state index < -0.39 is 5.60 Å². The van der Waals surface area contributed by atoms with Gasteiger partial charge in [0.05, 0.1) is 0 Å². The van der Waals surface area contributed by atoms with Crippen LogP contribution in [0.5, 0.6) is 11.8 Å². The summed E-state index contributed by atoms with van der Waals surface area (Å²) in [6.07, 6.45) is 5.11. The number of rotatable bonds is 3. The normalized spacial score (nSPS) is 15.5. The molecule has 0 N–H and O–H groups in total. The van der Waals surface area contributed by atoms with Crippen LogP contribution in [-0.2, 0) is 4.74 Å². The number of piperidine rings is 1. The van der Waals surface area contributed by atoms with Crippen molar-refractivity contribution in [3.8, 4) is 11.8 Å². The van der Waals surface area contributed by atoms with Gasteiger partial charge in [0.2, 0.25) is 0 Å². The number of aryl methyl sites for hydroxylation is 1. The van der Waals surface area contributed by atoms with E-state index in [1.807, 2.05) is 39.8 Å². The first-order valence-corrected chi connectivity index (χ1v) is 9.34. The number of ether oxygens (including phenoxy) is 2. The van der Waals surface area contributed by atoms with Crippen molar-refractivity contribution in [1.29, 1.82) is 0 Å². The van der Waals surface area contributed by atoms with Gasteiger partial charge in [-0.05, 0) is 69.7 Å². The molecule has 6 heteroatoms. The molecular weight excluding hydrogens is 342 g/mol. The van der Waals surface area contributed by atoms with Crippen LogP contribution in [0, 0.1) is 6.92 Å². The van der Waals surface area contributed by atoms with Crippen molar-refractivity contribution in [1.82, 2.24) is 14.9 Å². The highest BCUT2D eigenvalue weighted by atomic mass is 16.6.